The molecule has 0 unspecified atom stereocenters. The number of ether oxygens (including phenoxy) is 2. The molecule has 1 aliphatic rings. The number of esters is 1. The molecule has 0 atom stereocenters. The average molecular weight is 441 g/mol. The summed E-state index contributed by atoms with van der Waals surface area (Å²) in [6.07, 6.45) is 0. The van der Waals surface area contributed by atoms with Crippen LogP contribution in [0, 0.1) is 10.1 Å². The summed E-state index contributed by atoms with van der Waals surface area (Å²) in [6, 6.07) is 8.42. The molecule has 10 heteroatoms. The van der Waals surface area contributed by atoms with Crippen LogP contribution in [0.1, 0.15) is 15.9 Å². The van der Waals surface area contributed by atoms with E-state index in [1.165, 1.54) is 18.2 Å². The fourth-order valence-electron chi connectivity index (χ4n) is 2.63. The van der Waals surface area contributed by atoms with Crippen LogP contribution in [0.4, 0.5) is 5.69 Å². The third-order valence-corrected chi connectivity index (χ3v) is 5.08. The summed E-state index contributed by atoms with van der Waals surface area (Å²) in [5.41, 5.74) is 0.104. The van der Waals surface area contributed by atoms with E-state index in [1.54, 1.807) is 12.1 Å². The highest BCUT2D eigenvalue weighted by atomic mass is 35.5. The Morgan fingerprint density at radius 2 is 1.89 bits per heavy atom. The largest absolute Gasteiger partial charge is 0.422 e. The summed E-state index contributed by atoms with van der Waals surface area (Å²) in [6.45, 7) is 2.32. The lowest BCUT2D eigenvalue weighted by molar-refractivity contribution is -0.384. The summed E-state index contributed by atoms with van der Waals surface area (Å²) in [7, 11) is 0. The van der Waals surface area contributed by atoms with Gasteiger partial charge in [-0.1, -0.05) is 35.4 Å². The van der Waals surface area contributed by atoms with Crippen LogP contribution in [0.3, 0.4) is 0 Å². The van der Waals surface area contributed by atoms with E-state index in [0.717, 1.165) is 6.07 Å². The molecular weight excluding hydrogens is 427 g/mol. The Morgan fingerprint density at radius 1 is 1.18 bits per heavy atom. The number of nitro groups is 1. The molecule has 28 heavy (non-hydrogen) atoms. The monoisotopic (exact) mass is 440 g/mol. The zero-order valence-electron chi connectivity index (χ0n) is 14.4. The summed E-state index contributed by atoms with van der Waals surface area (Å²) in [5.74, 6) is -0.559. The van der Waals surface area contributed by atoms with E-state index in [4.69, 9.17) is 44.9 Å². The number of thiocarbonyl (C=S) groups is 1. The molecule has 0 bridgehead atoms. The molecule has 0 N–H and O–H groups in total. The second-order valence-electron chi connectivity index (χ2n) is 5.86. The van der Waals surface area contributed by atoms with Crippen LogP contribution in [0.25, 0.3) is 0 Å². The molecule has 0 aliphatic carbocycles. The molecule has 0 amide bonds. The lowest BCUT2D eigenvalue weighted by atomic mass is 10.1. The second-order valence-corrected chi connectivity index (χ2v) is 7.09. The van der Waals surface area contributed by atoms with E-state index < -0.39 is 10.9 Å². The van der Waals surface area contributed by atoms with E-state index >= 15 is 0 Å². The molecule has 2 aromatic rings. The predicted molar refractivity (Wildman–Crippen MR) is 109 cm³/mol. The number of carbonyl (C=O) groups is 1. The van der Waals surface area contributed by atoms with Crippen molar-refractivity contribution < 1.29 is 19.2 Å². The molecule has 0 aromatic heterocycles. The van der Waals surface area contributed by atoms with Gasteiger partial charge in [0.15, 0.2) is 0 Å². The predicted octanol–water partition coefficient (Wildman–Crippen LogP) is 4.13. The van der Waals surface area contributed by atoms with Gasteiger partial charge in [0, 0.05) is 24.2 Å². The molecule has 0 radical (unpaired) electrons. The van der Waals surface area contributed by atoms with Gasteiger partial charge >= 0.3 is 5.97 Å². The molecule has 3 rings (SSSR count). The van der Waals surface area contributed by atoms with Gasteiger partial charge in [-0.25, -0.2) is 4.79 Å². The maximum atomic E-state index is 12.5. The second kappa shape index (κ2) is 8.83. The van der Waals surface area contributed by atoms with Crippen LogP contribution >= 0.6 is 35.4 Å². The van der Waals surface area contributed by atoms with Crippen molar-refractivity contribution in [2.24, 2.45) is 0 Å². The molecule has 7 nitrogen and oxygen atoms in total. The Hall–Kier alpha value is -2.26. The fraction of sp³-hybridized carbons (Fsp3) is 0.222. The normalized spacial score (nSPS) is 13.9. The van der Waals surface area contributed by atoms with Crippen LogP contribution < -0.4 is 4.74 Å². The Bertz CT molecular complexity index is 948. The molecule has 1 aliphatic heterocycles. The molecule has 146 valence electrons. The molecule has 0 spiro atoms. The van der Waals surface area contributed by atoms with Gasteiger partial charge in [0.05, 0.1) is 29.3 Å². The van der Waals surface area contributed by atoms with Gasteiger partial charge in [-0.3, -0.25) is 10.1 Å². The molecule has 1 fully saturated rings. The van der Waals surface area contributed by atoms with Crippen molar-refractivity contribution in [2.45, 2.75) is 0 Å². The maximum Gasteiger partial charge on any atom is 0.343 e. The zero-order chi connectivity index (χ0) is 20.3. The smallest absolute Gasteiger partial charge is 0.343 e. The lowest BCUT2D eigenvalue weighted by Gasteiger charge is -2.29. The number of rotatable bonds is 4. The van der Waals surface area contributed by atoms with Gasteiger partial charge in [0.25, 0.3) is 5.69 Å². The highest BCUT2D eigenvalue weighted by Crippen LogP contribution is 2.28. The van der Waals surface area contributed by atoms with Crippen LogP contribution in [0.5, 0.6) is 5.75 Å². The summed E-state index contributed by atoms with van der Waals surface area (Å²) in [4.78, 5) is 25.3. The first-order chi connectivity index (χ1) is 13.4. The van der Waals surface area contributed by atoms with Gasteiger partial charge in [-0.05, 0) is 30.3 Å². The number of halogens is 2. The van der Waals surface area contributed by atoms with Gasteiger partial charge in [0.1, 0.15) is 15.8 Å². The van der Waals surface area contributed by atoms with E-state index in [9.17, 15) is 14.9 Å². The van der Waals surface area contributed by atoms with Crippen LogP contribution in [0.15, 0.2) is 36.4 Å². The minimum Gasteiger partial charge on any atom is -0.422 e. The molecule has 1 heterocycles. The number of carbonyl (C=O) groups excluding carboxylic acids is 1. The van der Waals surface area contributed by atoms with Crippen molar-refractivity contribution in [3.63, 3.8) is 0 Å². The van der Waals surface area contributed by atoms with Gasteiger partial charge < -0.3 is 14.4 Å². The fourth-order valence-corrected chi connectivity index (χ4v) is 3.33. The Labute approximate surface area is 175 Å². The van der Waals surface area contributed by atoms with E-state index in [-0.39, 0.29) is 22.0 Å². The number of benzene rings is 2. The van der Waals surface area contributed by atoms with Crippen molar-refractivity contribution >= 4 is 52.1 Å². The van der Waals surface area contributed by atoms with Crippen molar-refractivity contribution in [1.29, 1.82) is 0 Å². The first-order valence-corrected chi connectivity index (χ1v) is 9.36. The van der Waals surface area contributed by atoms with E-state index in [2.05, 4.69) is 0 Å². The van der Waals surface area contributed by atoms with Crippen molar-refractivity contribution in [2.75, 3.05) is 26.3 Å². The Kier molecular flexibility index (Phi) is 6.46. The first-order valence-electron chi connectivity index (χ1n) is 8.19. The minimum atomic E-state index is -0.770. The van der Waals surface area contributed by atoms with Gasteiger partial charge in [0.2, 0.25) is 0 Å². The van der Waals surface area contributed by atoms with Crippen molar-refractivity contribution in [1.82, 2.24) is 4.90 Å². The quantitative estimate of drug-likeness (QED) is 0.232. The highest BCUT2D eigenvalue weighted by Gasteiger charge is 2.22. The van der Waals surface area contributed by atoms with Crippen LogP contribution in [0.2, 0.25) is 10.0 Å². The van der Waals surface area contributed by atoms with Crippen LogP contribution in [-0.4, -0.2) is 47.1 Å². The third-order valence-electron chi connectivity index (χ3n) is 4.05. The zero-order valence-corrected chi connectivity index (χ0v) is 16.7. The third kappa shape index (κ3) is 4.59. The average Bonchev–Trinajstić information content (AvgIpc) is 2.69. The van der Waals surface area contributed by atoms with Crippen molar-refractivity contribution in [3.8, 4) is 5.75 Å². The number of nitro benzene ring substituents is 1. The van der Waals surface area contributed by atoms with E-state index in [1.807, 2.05) is 4.90 Å². The minimum absolute atomic E-state index is 0.00529. The van der Waals surface area contributed by atoms with Gasteiger partial charge in [-0.2, -0.15) is 0 Å². The first kappa shape index (κ1) is 20.5. The van der Waals surface area contributed by atoms with Gasteiger partial charge in [-0.15, -0.1) is 0 Å². The summed E-state index contributed by atoms with van der Waals surface area (Å²) in [5, 5.41) is 11.4. The number of nitrogens with zero attached hydrogens (tertiary/aromatic N) is 2. The van der Waals surface area contributed by atoms with Crippen LogP contribution in [-0.2, 0) is 4.74 Å². The number of morpholine rings is 1. The Balaban J connectivity index is 1.88. The highest BCUT2D eigenvalue weighted by molar-refractivity contribution is 7.80. The summed E-state index contributed by atoms with van der Waals surface area (Å²) < 4.78 is 10.8. The number of hydrogen-bond donors (Lipinski definition) is 0. The van der Waals surface area contributed by atoms with E-state index in [0.29, 0.717) is 41.9 Å². The molecule has 2 aromatic carbocycles. The maximum absolute atomic E-state index is 12.5. The lowest BCUT2D eigenvalue weighted by Crippen LogP contribution is -2.40. The van der Waals surface area contributed by atoms with Crippen molar-refractivity contribution in [3.05, 3.63) is 67.7 Å². The topological polar surface area (TPSA) is 81.9 Å². The molecule has 1 saturated heterocycles. The summed E-state index contributed by atoms with van der Waals surface area (Å²) >= 11 is 17.4. The SMILES string of the molecule is O=C(Oc1ccc(Cl)cc1C(=S)N1CCOCC1)c1ccc(Cl)c([N+](=O)[O-])c1. The standard InChI is InChI=1S/C18H14Cl2N2O5S/c19-12-2-4-16(13(10-12)17(28)21-5-7-26-8-6-21)27-18(23)11-1-3-14(20)15(9-11)22(24)25/h1-4,9-10H,5-8H2. The number of hydrogen-bond acceptors (Lipinski definition) is 6. The Morgan fingerprint density at radius 3 is 2.57 bits per heavy atom. The molecule has 0 saturated carbocycles. The molecular formula is C18H14Cl2N2O5S.